The maximum atomic E-state index is 13.5. The monoisotopic (exact) mass is 367 g/mol. The minimum atomic E-state index is -0.296. The van der Waals surface area contributed by atoms with Crippen molar-refractivity contribution in [1.82, 2.24) is 15.4 Å². The highest BCUT2D eigenvalue weighted by Gasteiger charge is 2.25. The van der Waals surface area contributed by atoms with Gasteiger partial charge in [0.1, 0.15) is 5.82 Å². The first-order valence-corrected chi connectivity index (χ1v) is 9.28. The summed E-state index contributed by atoms with van der Waals surface area (Å²) in [5, 5.41) is 0.871. The van der Waals surface area contributed by atoms with Crippen LogP contribution in [0.2, 0.25) is 0 Å². The van der Waals surface area contributed by atoms with E-state index in [2.05, 4.69) is 38.2 Å². The van der Waals surface area contributed by atoms with Crippen molar-refractivity contribution in [3.05, 3.63) is 54.1 Å². The molecule has 2 aromatic heterocycles. The predicted molar refractivity (Wildman–Crippen MR) is 107 cm³/mol. The highest BCUT2D eigenvalue weighted by Crippen LogP contribution is 2.29. The van der Waals surface area contributed by atoms with Gasteiger partial charge in [-0.2, -0.15) is 5.48 Å². The quantitative estimate of drug-likeness (QED) is 0.588. The fraction of sp³-hybridized carbons (Fsp3) is 0.364. The van der Waals surface area contributed by atoms with Gasteiger partial charge in [-0.15, -0.1) is 0 Å². The molecule has 0 fully saturated rings. The lowest BCUT2D eigenvalue weighted by atomic mass is 9.88. The summed E-state index contributed by atoms with van der Waals surface area (Å²) in [4.78, 5) is 14.8. The Kier molecular flexibility index (Phi) is 5.42. The number of aromatic nitrogens is 2. The van der Waals surface area contributed by atoms with Crippen LogP contribution in [-0.4, -0.2) is 15.5 Å². The number of aryl methyl sites for hydroxylation is 1. The minimum Gasteiger partial charge on any atom is -0.406 e. The zero-order valence-corrected chi connectivity index (χ0v) is 16.5. The zero-order valence-electron chi connectivity index (χ0n) is 16.5. The number of fused-ring (bicyclic) bond motifs is 1. The molecule has 142 valence electrons. The number of hydroxylamine groups is 1. The van der Waals surface area contributed by atoms with Crippen molar-refractivity contribution in [3.63, 3.8) is 0 Å². The summed E-state index contributed by atoms with van der Waals surface area (Å²) < 4.78 is 13.5. The van der Waals surface area contributed by atoms with Gasteiger partial charge in [-0.3, -0.25) is 4.98 Å². The van der Waals surface area contributed by atoms with Crippen molar-refractivity contribution >= 4 is 10.9 Å². The maximum absolute atomic E-state index is 13.5. The molecule has 1 N–H and O–H groups in total. The zero-order chi connectivity index (χ0) is 19.6. The summed E-state index contributed by atoms with van der Waals surface area (Å²) in [6, 6.07) is 10.3. The largest absolute Gasteiger partial charge is 0.406 e. The predicted octanol–water partition coefficient (Wildman–Crippen LogP) is 5.45. The van der Waals surface area contributed by atoms with E-state index in [1.54, 1.807) is 12.3 Å². The van der Waals surface area contributed by atoms with Crippen molar-refractivity contribution in [2.24, 2.45) is 5.92 Å². The van der Waals surface area contributed by atoms with Gasteiger partial charge >= 0.3 is 0 Å². The number of nitrogens with one attached hydrogen (secondary N) is 1. The van der Waals surface area contributed by atoms with E-state index in [9.17, 15) is 4.39 Å². The Morgan fingerprint density at radius 3 is 2.67 bits per heavy atom. The molecule has 1 aromatic carbocycles. The summed E-state index contributed by atoms with van der Waals surface area (Å²) in [5.74, 6) is 0.864. The van der Waals surface area contributed by atoms with Gasteiger partial charge in [0, 0.05) is 23.2 Å². The molecular weight excluding hydrogens is 341 g/mol. The van der Waals surface area contributed by atoms with Gasteiger partial charge in [0.2, 0.25) is 0 Å². The summed E-state index contributed by atoms with van der Waals surface area (Å²) in [6.45, 7) is 10.5. The molecule has 0 saturated carbocycles. The van der Waals surface area contributed by atoms with E-state index >= 15 is 0 Å². The lowest BCUT2D eigenvalue weighted by molar-refractivity contribution is 0.0713. The van der Waals surface area contributed by atoms with E-state index < -0.39 is 0 Å². The van der Waals surface area contributed by atoms with Gasteiger partial charge in [0.05, 0.1) is 22.4 Å². The number of nitrogens with zero attached hydrogens (tertiary/aromatic N) is 2. The molecular formula is C22H26FN3O. The second-order valence-electron chi connectivity index (χ2n) is 7.54. The third kappa shape index (κ3) is 4.08. The molecule has 0 bridgehead atoms. The lowest BCUT2D eigenvalue weighted by Gasteiger charge is -2.31. The molecule has 3 aromatic rings. The molecule has 1 atom stereocenters. The van der Waals surface area contributed by atoms with Gasteiger partial charge in [-0.25, -0.2) is 9.37 Å². The molecule has 5 heteroatoms. The molecule has 0 radical (unpaired) electrons. The van der Waals surface area contributed by atoms with E-state index in [4.69, 9.17) is 9.82 Å². The lowest BCUT2D eigenvalue weighted by Crippen LogP contribution is -2.46. The van der Waals surface area contributed by atoms with E-state index in [1.807, 2.05) is 25.1 Å². The third-order valence-corrected chi connectivity index (χ3v) is 5.29. The highest BCUT2D eigenvalue weighted by molar-refractivity contribution is 5.93. The molecule has 2 heterocycles. The third-order valence-electron chi connectivity index (χ3n) is 5.29. The molecule has 0 saturated heterocycles. The first-order valence-electron chi connectivity index (χ1n) is 9.28. The van der Waals surface area contributed by atoms with Crippen LogP contribution >= 0.6 is 0 Å². The van der Waals surface area contributed by atoms with Crippen LogP contribution in [-0.2, 0) is 0 Å². The molecule has 0 spiro atoms. The standard InChI is InChI=1S/C22H26FN3O/c1-6-14(2)22(4,5)26-27-21-10-9-19(25-15(21)3)18-11-12-24-20-13-16(23)7-8-17(18)20/h7-14,26H,6H2,1-5H3/t14-/m0/s1. The van der Waals surface area contributed by atoms with Crippen molar-refractivity contribution < 1.29 is 9.23 Å². The summed E-state index contributed by atoms with van der Waals surface area (Å²) >= 11 is 0. The Bertz CT molecular complexity index is 955. The smallest absolute Gasteiger partial charge is 0.168 e. The summed E-state index contributed by atoms with van der Waals surface area (Å²) in [6.07, 6.45) is 2.74. The highest BCUT2D eigenvalue weighted by atomic mass is 19.1. The molecule has 3 rings (SSSR count). The van der Waals surface area contributed by atoms with Crippen molar-refractivity contribution in [2.75, 3.05) is 0 Å². The first kappa shape index (κ1) is 19.2. The molecule has 0 unspecified atom stereocenters. The van der Waals surface area contributed by atoms with Crippen LogP contribution in [0.5, 0.6) is 5.75 Å². The average molecular weight is 367 g/mol. The number of halogens is 1. The van der Waals surface area contributed by atoms with Crippen LogP contribution in [0.4, 0.5) is 4.39 Å². The fourth-order valence-electron chi connectivity index (χ4n) is 2.95. The molecule has 0 amide bonds. The van der Waals surface area contributed by atoms with Crippen molar-refractivity contribution in [2.45, 2.75) is 46.6 Å². The number of rotatable bonds is 6. The van der Waals surface area contributed by atoms with Crippen LogP contribution in [0, 0.1) is 18.7 Å². The Hall–Kier alpha value is -2.53. The Labute approximate surface area is 159 Å². The van der Waals surface area contributed by atoms with Gasteiger partial charge in [-0.05, 0) is 57.0 Å². The van der Waals surface area contributed by atoms with Gasteiger partial charge in [-0.1, -0.05) is 20.3 Å². The van der Waals surface area contributed by atoms with Crippen LogP contribution < -0.4 is 10.3 Å². The summed E-state index contributed by atoms with van der Waals surface area (Å²) in [7, 11) is 0. The normalized spacial score (nSPS) is 13.0. The maximum Gasteiger partial charge on any atom is 0.168 e. The minimum absolute atomic E-state index is 0.148. The Morgan fingerprint density at radius 1 is 1.19 bits per heavy atom. The number of hydrogen-bond donors (Lipinski definition) is 1. The van der Waals surface area contributed by atoms with Crippen molar-refractivity contribution in [3.8, 4) is 17.0 Å². The van der Waals surface area contributed by atoms with Crippen LogP contribution in [0.15, 0.2) is 42.6 Å². The van der Waals surface area contributed by atoms with Crippen LogP contribution in [0.25, 0.3) is 22.2 Å². The van der Waals surface area contributed by atoms with Crippen LogP contribution in [0.3, 0.4) is 0 Å². The average Bonchev–Trinajstić information content (AvgIpc) is 2.65. The van der Waals surface area contributed by atoms with E-state index in [0.717, 1.165) is 28.8 Å². The first-order chi connectivity index (χ1) is 12.8. The SMILES string of the molecule is CC[C@H](C)C(C)(C)NOc1ccc(-c2ccnc3cc(F)ccc23)nc1C. The fourth-order valence-corrected chi connectivity index (χ4v) is 2.95. The van der Waals surface area contributed by atoms with Gasteiger partial charge < -0.3 is 4.84 Å². The molecule has 4 nitrogen and oxygen atoms in total. The van der Waals surface area contributed by atoms with E-state index in [-0.39, 0.29) is 11.4 Å². The molecule has 0 aliphatic carbocycles. The Morgan fingerprint density at radius 2 is 1.96 bits per heavy atom. The van der Waals surface area contributed by atoms with E-state index in [0.29, 0.717) is 17.2 Å². The van der Waals surface area contributed by atoms with Gasteiger partial charge in [0.25, 0.3) is 0 Å². The van der Waals surface area contributed by atoms with Crippen LogP contribution in [0.1, 0.15) is 39.8 Å². The molecule has 0 aliphatic heterocycles. The molecule has 0 aliphatic rings. The number of pyridine rings is 2. The second kappa shape index (κ2) is 7.61. The van der Waals surface area contributed by atoms with E-state index in [1.165, 1.54) is 12.1 Å². The van der Waals surface area contributed by atoms with Crippen molar-refractivity contribution in [1.29, 1.82) is 0 Å². The summed E-state index contributed by atoms with van der Waals surface area (Å²) in [5.41, 5.74) is 6.15. The van der Waals surface area contributed by atoms with Gasteiger partial charge in [0.15, 0.2) is 5.75 Å². The molecule has 27 heavy (non-hydrogen) atoms. The second-order valence-corrected chi connectivity index (χ2v) is 7.54. The number of hydrogen-bond acceptors (Lipinski definition) is 4. The number of benzene rings is 1. The topological polar surface area (TPSA) is 47.0 Å². The Balaban J connectivity index is 1.88.